The molecule has 0 unspecified atom stereocenters. The van der Waals surface area contributed by atoms with Crippen LogP contribution in [0.15, 0.2) is 6.08 Å². The zero-order valence-corrected chi connectivity index (χ0v) is 11.8. The van der Waals surface area contributed by atoms with Gasteiger partial charge in [-0.05, 0) is 28.9 Å². The van der Waals surface area contributed by atoms with E-state index in [0.717, 1.165) is 23.4 Å². The third kappa shape index (κ3) is 2.52. The standard InChI is InChI=1S/C14H21N3O/c1-13(2,3)8-14(4,5)10-6-9(18)7-11-12(10)16-17-15-11/h6H,7-8H2,1-5H3,(H,15,16,17). The van der Waals surface area contributed by atoms with Gasteiger partial charge in [0, 0.05) is 0 Å². The van der Waals surface area contributed by atoms with E-state index < -0.39 is 0 Å². The van der Waals surface area contributed by atoms with Crippen molar-refractivity contribution in [1.82, 2.24) is 15.4 Å². The molecule has 2 rings (SSSR count). The Hall–Kier alpha value is -1.45. The third-order valence-corrected chi connectivity index (χ3v) is 3.22. The molecule has 1 aliphatic rings. The number of hydrogen-bond donors (Lipinski definition) is 1. The fourth-order valence-corrected chi connectivity index (χ4v) is 2.97. The summed E-state index contributed by atoms with van der Waals surface area (Å²) in [5.41, 5.74) is 2.77. The van der Waals surface area contributed by atoms with E-state index in [2.05, 4.69) is 50.0 Å². The summed E-state index contributed by atoms with van der Waals surface area (Å²) in [5.74, 6) is 0.119. The first kappa shape index (κ1) is 13.0. The van der Waals surface area contributed by atoms with Gasteiger partial charge in [-0.25, -0.2) is 0 Å². The van der Waals surface area contributed by atoms with Gasteiger partial charge >= 0.3 is 0 Å². The number of fused-ring (bicyclic) bond motifs is 1. The van der Waals surface area contributed by atoms with E-state index in [1.54, 1.807) is 6.08 Å². The Labute approximate surface area is 108 Å². The lowest BCUT2D eigenvalue weighted by Crippen LogP contribution is -2.25. The fraction of sp³-hybridized carbons (Fsp3) is 0.643. The zero-order chi connectivity index (χ0) is 13.6. The first-order valence-electron chi connectivity index (χ1n) is 6.34. The van der Waals surface area contributed by atoms with E-state index in [1.165, 1.54) is 0 Å². The van der Waals surface area contributed by atoms with Crippen LogP contribution in [0, 0.1) is 10.8 Å². The van der Waals surface area contributed by atoms with Crippen LogP contribution in [0.5, 0.6) is 0 Å². The van der Waals surface area contributed by atoms with E-state index in [9.17, 15) is 4.79 Å². The van der Waals surface area contributed by atoms with Crippen LogP contribution in [0.2, 0.25) is 0 Å². The van der Waals surface area contributed by atoms with Gasteiger partial charge in [0.15, 0.2) is 5.78 Å². The van der Waals surface area contributed by atoms with Crippen LogP contribution in [-0.2, 0) is 11.2 Å². The van der Waals surface area contributed by atoms with Gasteiger partial charge in [0.25, 0.3) is 0 Å². The minimum absolute atomic E-state index is 0.0834. The maximum Gasteiger partial charge on any atom is 0.162 e. The van der Waals surface area contributed by atoms with Crippen LogP contribution in [0.4, 0.5) is 0 Å². The minimum atomic E-state index is -0.0834. The van der Waals surface area contributed by atoms with Gasteiger partial charge in [-0.2, -0.15) is 15.4 Å². The molecule has 0 amide bonds. The van der Waals surface area contributed by atoms with Crippen LogP contribution in [0.25, 0.3) is 5.57 Å². The van der Waals surface area contributed by atoms with Crippen LogP contribution in [0.3, 0.4) is 0 Å². The molecule has 1 aromatic rings. The lowest BCUT2D eigenvalue weighted by Gasteiger charge is -2.35. The van der Waals surface area contributed by atoms with Gasteiger partial charge in [-0.15, -0.1) is 0 Å². The molecule has 98 valence electrons. The quantitative estimate of drug-likeness (QED) is 0.874. The summed E-state index contributed by atoms with van der Waals surface area (Å²) < 4.78 is 0. The highest BCUT2D eigenvalue weighted by molar-refractivity contribution is 6.01. The molecule has 0 fully saturated rings. The number of aromatic nitrogens is 3. The molecule has 4 heteroatoms. The van der Waals surface area contributed by atoms with E-state index in [1.807, 2.05) is 0 Å². The Bertz CT molecular complexity index is 503. The monoisotopic (exact) mass is 247 g/mol. The van der Waals surface area contributed by atoms with E-state index in [0.29, 0.717) is 6.42 Å². The summed E-state index contributed by atoms with van der Waals surface area (Å²) >= 11 is 0. The van der Waals surface area contributed by atoms with Crippen molar-refractivity contribution in [1.29, 1.82) is 0 Å². The van der Waals surface area contributed by atoms with Crippen LogP contribution < -0.4 is 0 Å². The minimum Gasteiger partial charge on any atom is -0.294 e. The molecular weight excluding hydrogens is 226 g/mol. The second-order valence-electron chi connectivity index (χ2n) is 6.94. The number of ketones is 1. The molecule has 1 aromatic heterocycles. The SMILES string of the molecule is CC(C)(C)CC(C)(C)C1=CC(=O)Cc2n[nH]nc21. The molecule has 0 aliphatic heterocycles. The summed E-state index contributed by atoms with van der Waals surface area (Å²) in [4.78, 5) is 11.8. The number of rotatable bonds is 2. The third-order valence-electron chi connectivity index (χ3n) is 3.22. The lowest BCUT2D eigenvalue weighted by atomic mass is 9.69. The molecule has 1 heterocycles. The molecule has 18 heavy (non-hydrogen) atoms. The zero-order valence-electron chi connectivity index (χ0n) is 11.8. The summed E-state index contributed by atoms with van der Waals surface area (Å²) in [6.07, 6.45) is 3.10. The molecule has 4 nitrogen and oxygen atoms in total. The normalized spacial score (nSPS) is 16.5. The molecule has 1 aliphatic carbocycles. The molecule has 0 saturated carbocycles. The first-order valence-corrected chi connectivity index (χ1v) is 6.34. The number of carbonyl (C=O) groups is 1. The van der Waals surface area contributed by atoms with Crippen LogP contribution in [-0.4, -0.2) is 21.2 Å². The van der Waals surface area contributed by atoms with Crippen LogP contribution in [0.1, 0.15) is 52.4 Å². The second-order valence-corrected chi connectivity index (χ2v) is 6.94. The van der Waals surface area contributed by atoms with Crippen molar-refractivity contribution in [3.8, 4) is 0 Å². The Morgan fingerprint density at radius 1 is 1.22 bits per heavy atom. The summed E-state index contributed by atoms with van der Waals surface area (Å²) in [5, 5.41) is 10.9. The van der Waals surface area contributed by atoms with Crippen molar-refractivity contribution in [3.63, 3.8) is 0 Å². The number of H-pyrrole nitrogens is 1. The molecule has 0 bridgehead atoms. The van der Waals surface area contributed by atoms with Gasteiger partial charge in [0.2, 0.25) is 0 Å². The van der Waals surface area contributed by atoms with Crippen molar-refractivity contribution in [3.05, 3.63) is 17.5 Å². The van der Waals surface area contributed by atoms with Crippen molar-refractivity contribution in [2.24, 2.45) is 10.8 Å². The Morgan fingerprint density at radius 2 is 1.89 bits per heavy atom. The highest BCUT2D eigenvalue weighted by Gasteiger charge is 2.35. The lowest BCUT2D eigenvalue weighted by molar-refractivity contribution is -0.114. The first-order chi connectivity index (χ1) is 8.19. The summed E-state index contributed by atoms with van der Waals surface area (Å²) in [6, 6.07) is 0. The Balaban J connectivity index is 2.41. The van der Waals surface area contributed by atoms with Crippen molar-refractivity contribution in [2.75, 3.05) is 0 Å². The average Bonchev–Trinajstić information content (AvgIpc) is 2.59. The number of hydrogen-bond acceptors (Lipinski definition) is 3. The predicted molar refractivity (Wildman–Crippen MR) is 70.9 cm³/mol. The largest absolute Gasteiger partial charge is 0.294 e. The van der Waals surface area contributed by atoms with Crippen molar-refractivity contribution < 1.29 is 4.79 Å². The van der Waals surface area contributed by atoms with Gasteiger partial charge in [0.05, 0.1) is 12.1 Å². The number of allylic oxidation sites excluding steroid dienone is 2. The molecule has 0 aromatic carbocycles. The van der Waals surface area contributed by atoms with Crippen LogP contribution >= 0.6 is 0 Å². The van der Waals surface area contributed by atoms with Gasteiger partial charge in [-0.1, -0.05) is 34.6 Å². The molecule has 1 N–H and O–H groups in total. The molecule has 0 radical (unpaired) electrons. The number of aromatic amines is 1. The average molecular weight is 247 g/mol. The summed E-state index contributed by atoms with van der Waals surface area (Å²) in [6.45, 7) is 11.0. The molecule has 0 atom stereocenters. The smallest absolute Gasteiger partial charge is 0.162 e. The maximum absolute atomic E-state index is 11.8. The number of carbonyl (C=O) groups excluding carboxylic acids is 1. The molecular formula is C14H21N3O. The number of nitrogens with zero attached hydrogens (tertiary/aromatic N) is 2. The Morgan fingerprint density at radius 3 is 2.50 bits per heavy atom. The van der Waals surface area contributed by atoms with E-state index in [-0.39, 0.29) is 16.6 Å². The second kappa shape index (κ2) is 4.04. The van der Waals surface area contributed by atoms with Crippen molar-refractivity contribution >= 4 is 11.4 Å². The fourth-order valence-electron chi connectivity index (χ4n) is 2.97. The van der Waals surface area contributed by atoms with Gasteiger partial charge in [-0.3, -0.25) is 4.79 Å². The maximum atomic E-state index is 11.8. The van der Waals surface area contributed by atoms with E-state index in [4.69, 9.17) is 0 Å². The Kier molecular flexibility index (Phi) is 2.92. The molecule has 0 saturated heterocycles. The van der Waals surface area contributed by atoms with Gasteiger partial charge in [0.1, 0.15) is 5.69 Å². The molecule has 0 spiro atoms. The number of nitrogens with one attached hydrogen (secondary N) is 1. The predicted octanol–water partition coefficient (Wildman–Crippen LogP) is 2.78. The topological polar surface area (TPSA) is 58.6 Å². The highest BCUT2D eigenvalue weighted by Crippen LogP contribution is 2.44. The van der Waals surface area contributed by atoms with Crippen molar-refractivity contribution in [2.45, 2.75) is 47.5 Å². The van der Waals surface area contributed by atoms with E-state index >= 15 is 0 Å². The van der Waals surface area contributed by atoms with Gasteiger partial charge < -0.3 is 0 Å². The highest BCUT2D eigenvalue weighted by atomic mass is 16.1. The summed E-state index contributed by atoms with van der Waals surface area (Å²) in [7, 11) is 0.